The van der Waals surface area contributed by atoms with Crippen molar-refractivity contribution in [3.05, 3.63) is 63.0 Å². The maximum absolute atomic E-state index is 13.7. The van der Waals surface area contributed by atoms with Gasteiger partial charge in [0.1, 0.15) is 5.82 Å². The van der Waals surface area contributed by atoms with Crippen molar-refractivity contribution in [3.63, 3.8) is 0 Å². The zero-order valence-electron chi connectivity index (χ0n) is 12.9. The molecule has 27 heavy (non-hydrogen) atoms. The van der Waals surface area contributed by atoms with Crippen molar-refractivity contribution >= 4 is 34.2 Å². The molecule has 3 nitrogen and oxygen atoms in total. The Hall–Kier alpha value is -1.89. The van der Waals surface area contributed by atoms with Crippen molar-refractivity contribution < 1.29 is 40.6 Å². The first-order chi connectivity index (χ1) is 12.3. The summed E-state index contributed by atoms with van der Waals surface area (Å²) in [5.74, 6) is -1.79. The standard InChI is InChI=1S/C16H9F7INO2/c17-10-2-1-3-11(24)12(10)13(26)25-9-6-4-8(5-7-9)14(27,15(18,19)20)16(21,22)23/h1-7,27H,(H,25,26). The normalized spacial score (nSPS) is 12.8. The predicted octanol–water partition coefficient (Wildman–Crippen LogP) is 4.99. The number of alkyl halides is 6. The van der Waals surface area contributed by atoms with E-state index in [0.717, 1.165) is 18.2 Å². The number of amides is 1. The van der Waals surface area contributed by atoms with E-state index in [1.165, 1.54) is 12.1 Å². The molecule has 0 aromatic heterocycles. The van der Waals surface area contributed by atoms with Crippen molar-refractivity contribution in [2.45, 2.75) is 18.0 Å². The van der Waals surface area contributed by atoms with Crippen LogP contribution in [-0.4, -0.2) is 23.4 Å². The third-order valence-electron chi connectivity index (χ3n) is 3.57. The van der Waals surface area contributed by atoms with E-state index in [-0.39, 0.29) is 14.8 Å². The molecule has 0 bridgehead atoms. The van der Waals surface area contributed by atoms with Crippen molar-refractivity contribution in [1.29, 1.82) is 0 Å². The Morgan fingerprint density at radius 3 is 1.89 bits per heavy atom. The van der Waals surface area contributed by atoms with E-state index in [4.69, 9.17) is 0 Å². The quantitative estimate of drug-likeness (QED) is 0.455. The minimum Gasteiger partial charge on any atom is -0.369 e. The average molecular weight is 507 g/mol. The van der Waals surface area contributed by atoms with Gasteiger partial charge in [-0.2, -0.15) is 26.3 Å². The third kappa shape index (κ3) is 4.03. The molecule has 2 rings (SSSR count). The smallest absolute Gasteiger partial charge is 0.369 e. The van der Waals surface area contributed by atoms with Gasteiger partial charge in [-0.25, -0.2) is 4.39 Å². The van der Waals surface area contributed by atoms with Crippen LogP contribution < -0.4 is 5.32 Å². The highest BCUT2D eigenvalue weighted by Gasteiger charge is 2.71. The second-order valence-corrected chi connectivity index (χ2v) is 6.50. The summed E-state index contributed by atoms with van der Waals surface area (Å²) < 4.78 is 90.9. The Labute approximate surface area is 161 Å². The molecule has 0 unspecified atom stereocenters. The largest absolute Gasteiger partial charge is 0.430 e. The van der Waals surface area contributed by atoms with Gasteiger partial charge in [-0.15, -0.1) is 0 Å². The van der Waals surface area contributed by atoms with E-state index in [1.54, 1.807) is 22.6 Å². The van der Waals surface area contributed by atoms with Gasteiger partial charge in [-0.05, 0) is 46.9 Å². The molecule has 11 heteroatoms. The lowest BCUT2D eigenvalue weighted by molar-refractivity contribution is -0.376. The number of anilines is 1. The lowest BCUT2D eigenvalue weighted by atomic mass is 9.92. The zero-order valence-corrected chi connectivity index (χ0v) is 15.1. The van der Waals surface area contributed by atoms with Gasteiger partial charge in [0, 0.05) is 14.8 Å². The first-order valence-electron chi connectivity index (χ1n) is 7.00. The van der Waals surface area contributed by atoms with Gasteiger partial charge in [-0.3, -0.25) is 4.79 Å². The summed E-state index contributed by atoms with van der Waals surface area (Å²) in [5.41, 5.74) is -7.05. The molecule has 2 aromatic carbocycles. The topological polar surface area (TPSA) is 49.3 Å². The molecule has 0 aliphatic heterocycles. The predicted molar refractivity (Wildman–Crippen MR) is 89.5 cm³/mol. The molecule has 0 spiro atoms. The second kappa shape index (κ2) is 7.26. The summed E-state index contributed by atoms with van der Waals surface area (Å²) in [7, 11) is 0. The number of nitrogens with one attached hydrogen (secondary N) is 1. The molecule has 0 heterocycles. The van der Waals surface area contributed by atoms with Gasteiger partial charge >= 0.3 is 12.4 Å². The lowest BCUT2D eigenvalue weighted by Crippen LogP contribution is -2.53. The van der Waals surface area contributed by atoms with Crippen LogP contribution in [0.5, 0.6) is 0 Å². The Morgan fingerprint density at radius 1 is 0.926 bits per heavy atom. The number of aliphatic hydroxyl groups is 1. The van der Waals surface area contributed by atoms with E-state index in [1.807, 2.05) is 0 Å². The molecular weight excluding hydrogens is 498 g/mol. The molecule has 146 valence electrons. The molecule has 0 saturated heterocycles. The van der Waals surface area contributed by atoms with Gasteiger partial charge in [0.15, 0.2) is 0 Å². The molecule has 0 fully saturated rings. The van der Waals surface area contributed by atoms with Crippen LogP contribution >= 0.6 is 22.6 Å². The van der Waals surface area contributed by atoms with Gasteiger partial charge in [0.25, 0.3) is 11.5 Å². The summed E-state index contributed by atoms with van der Waals surface area (Å²) in [4.78, 5) is 12.1. The second-order valence-electron chi connectivity index (χ2n) is 5.33. The van der Waals surface area contributed by atoms with Gasteiger partial charge < -0.3 is 10.4 Å². The maximum Gasteiger partial charge on any atom is 0.430 e. The summed E-state index contributed by atoms with van der Waals surface area (Å²) in [6.07, 6.45) is -12.0. The zero-order chi connectivity index (χ0) is 20.6. The molecule has 0 aliphatic rings. The van der Waals surface area contributed by atoms with E-state index in [2.05, 4.69) is 5.32 Å². The van der Waals surface area contributed by atoms with Crippen molar-refractivity contribution in [2.75, 3.05) is 5.32 Å². The van der Waals surface area contributed by atoms with Gasteiger partial charge in [0.05, 0.1) is 5.56 Å². The maximum atomic E-state index is 13.7. The highest BCUT2D eigenvalue weighted by Crippen LogP contribution is 2.50. The Kier molecular flexibility index (Phi) is 5.76. The Balaban J connectivity index is 2.34. The van der Waals surface area contributed by atoms with Gasteiger partial charge in [0.2, 0.25) is 0 Å². The van der Waals surface area contributed by atoms with Crippen molar-refractivity contribution in [2.24, 2.45) is 0 Å². The molecule has 0 radical (unpaired) electrons. The lowest BCUT2D eigenvalue weighted by Gasteiger charge is -2.32. The molecule has 0 saturated carbocycles. The molecule has 2 N–H and O–H groups in total. The monoisotopic (exact) mass is 507 g/mol. The van der Waals surface area contributed by atoms with Crippen molar-refractivity contribution in [1.82, 2.24) is 0 Å². The van der Waals surface area contributed by atoms with E-state index in [0.29, 0.717) is 12.1 Å². The first kappa shape index (κ1) is 21.4. The number of benzene rings is 2. The highest BCUT2D eigenvalue weighted by atomic mass is 127. The molecule has 0 atom stereocenters. The van der Waals surface area contributed by atoms with Crippen LogP contribution in [0.1, 0.15) is 15.9 Å². The number of hydrogen-bond acceptors (Lipinski definition) is 2. The highest BCUT2D eigenvalue weighted by molar-refractivity contribution is 14.1. The van der Waals surface area contributed by atoms with Crippen molar-refractivity contribution in [3.8, 4) is 0 Å². The van der Waals surface area contributed by atoms with Crippen LogP contribution in [-0.2, 0) is 5.60 Å². The van der Waals surface area contributed by atoms with Crippen LogP contribution in [0.15, 0.2) is 42.5 Å². The van der Waals surface area contributed by atoms with Gasteiger partial charge in [-0.1, -0.05) is 18.2 Å². The summed E-state index contributed by atoms with van der Waals surface area (Å²) in [5, 5.41) is 11.5. The number of carbonyl (C=O) groups is 1. The molecule has 0 aliphatic carbocycles. The fourth-order valence-corrected chi connectivity index (χ4v) is 2.90. The van der Waals surface area contributed by atoms with Crippen LogP contribution in [0.3, 0.4) is 0 Å². The number of hydrogen-bond donors (Lipinski definition) is 2. The number of halogens is 8. The Morgan fingerprint density at radius 2 is 1.44 bits per heavy atom. The first-order valence-corrected chi connectivity index (χ1v) is 8.08. The molecule has 2 aromatic rings. The minimum absolute atomic E-state index is 0.186. The fraction of sp³-hybridized carbons (Fsp3) is 0.188. The Bertz CT molecular complexity index is 813. The van der Waals surface area contributed by atoms with E-state index >= 15 is 0 Å². The molecule has 1 amide bonds. The summed E-state index contributed by atoms with van der Waals surface area (Å²) in [6, 6.07) is 6.05. The van der Waals surface area contributed by atoms with E-state index in [9.17, 15) is 40.6 Å². The van der Waals surface area contributed by atoms with Crippen LogP contribution in [0.25, 0.3) is 0 Å². The molecular formula is C16H9F7INO2. The summed E-state index contributed by atoms with van der Waals surface area (Å²) in [6.45, 7) is 0. The number of carbonyl (C=O) groups excluding carboxylic acids is 1. The van der Waals surface area contributed by atoms with Crippen LogP contribution in [0, 0.1) is 9.39 Å². The summed E-state index contributed by atoms with van der Waals surface area (Å²) >= 11 is 1.69. The van der Waals surface area contributed by atoms with Crippen LogP contribution in [0.4, 0.5) is 36.4 Å². The van der Waals surface area contributed by atoms with Crippen LogP contribution in [0.2, 0.25) is 0 Å². The SMILES string of the molecule is O=C(Nc1ccc(C(O)(C(F)(F)F)C(F)(F)F)cc1)c1c(F)cccc1I. The minimum atomic E-state index is -6.01. The average Bonchev–Trinajstić information content (AvgIpc) is 2.52. The number of rotatable bonds is 3. The van der Waals surface area contributed by atoms with E-state index < -0.39 is 35.2 Å². The third-order valence-corrected chi connectivity index (χ3v) is 4.47. The fourth-order valence-electron chi connectivity index (χ4n) is 2.19.